The highest BCUT2D eigenvalue weighted by Crippen LogP contribution is 2.41. The minimum Gasteiger partial charge on any atom is -0.497 e. The molecule has 0 saturated carbocycles. The number of hydrogen-bond acceptors (Lipinski definition) is 6. The van der Waals surface area contributed by atoms with Crippen molar-refractivity contribution < 1.29 is 28.1 Å². The van der Waals surface area contributed by atoms with E-state index in [2.05, 4.69) is 81.4 Å². The van der Waals surface area contributed by atoms with Gasteiger partial charge in [-0.1, -0.05) is 93.6 Å². The smallest absolute Gasteiger partial charge is 0.285 e. The molecule has 2 atom stereocenters. The molecule has 5 rings (SSSR count). The zero-order chi connectivity index (χ0) is 26.6. The summed E-state index contributed by atoms with van der Waals surface area (Å²) < 4.78 is 37.4. The number of rotatable bonds is 8. The van der Waals surface area contributed by atoms with Crippen molar-refractivity contribution >= 4 is 18.7 Å². The molecule has 2 fully saturated rings. The Bertz CT molecular complexity index is 1120. The van der Waals surface area contributed by atoms with Crippen LogP contribution in [-0.4, -0.2) is 53.4 Å². The van der Waals surface area contributed by atoms with Crippen molar-refractivity contribution in [3.63, 3.8) is 0 Å². The van der Waals surface area contributed by atoms with Crippen LogP contribution in [0.15, 0.2) is 84.9 Å². The molecule has 2 aliphatic heterocycles. The van der Waals surface area contributed by atoms with E-state index in [4.69, 9.17) is 28.1 Å². The second-order valence-electron chi connectivity index (χ2n) is 10.9. The monoisotopic (exact) mass is 534 g/mol. The van der Waals surface area contributed by atoms with Gasteiger partial charge in [-0.25, -0.2) is 0 Å². The van der Waals surface area contributed by atoms with Gasteiger partial charge in [0, 0.05) is 0 Å². The van der Waals surface area contributed by atoms with Gasteiger partial charge in [-0.05, 0) is 33.1 Å². The molecule has 2 heterocycles. The lowest BCUT2D eigenvalue weighted by molar-refractivity contribution is -0.371. The first-order valence-electron chi connectivity index (χ1n) is 13.3. The van der Waals surface area contributed by atoms with Gasteiger partial charge >= 0.3 is 0 Å². The molecule has 38 heavy (non-hydrogen) atoms. The lowest BCUT2D eigenvalue weighted by atomic mass is 10.1. The molecule has 0 N–H and O–H groups in total. The normalized spacial score (nSPS) is 21.5. The Morgan fingerprint density at radius 2 is 1.37 bits per heavy atom. The van der Waals surface area contributed by atoms with E-state index in [1.165, 1.54) is 10.4 Å². The second kappa shape index (κ2) is 11.3. The summed E-state index contributed by atoms with van der Waals surface area (Å²) >= 11 is 0. The second-order valence-corrected chi connectivity index (χ2v) is 15.2. The third-order valence-corrected chi connectivity index (χ3v) is 12.5. The first-order valence-corrected chi connectivity index (χ1v) is 15.2. The Morgan fingerprint density at radius 1 is 0.789 bits per heavy atom. The molecule has 0 bridgehead atoms. The maximum Gasteiger partial charge on any atom is 0.285 e. The molecule has 0 aliphatic carbocycles. The fourth-order valence-corrected chi connectivity index (χ4v) is 10.2. The minimum absolute atomic E-state index is 0.168. The average Bonchev–Trinajstić information content (AvgIpc) is 3.39. The number of hydrogen-bond donors (Lipinski definition) is 0. The Labute approximate surface area is 226 Å². The molecule has 0 unspecified atom stereocenters. The first kappa shape index (κ1) is 27.1. The summed E-state index contributed by atoms with van der Waals surface area (Å²) in [5, 5.41) is 2.28. The van der Waals surface area contributed by atoms with Crippen molar-refractivity contribution in [2.45, 2.75) is 57.0 Å². The summed E-state index contributed by atoms with van der Waals surface area (Å²) in [6.45, 7) is 8.61. The molecule has 202 valence electrons. The molecule has 0 radical (unpaired) electrons. The maximum atomic E-state index is 7.49. The van der Waals surface area contributed by atoms with Gasteiger partial charge < -0.3 is 28.1 Å². The summed E-state index contributed by atoms with van der Waals surface area (Å²) in [5.41, 5.74) is 1.06. The summed E-state index contributed by atoms with van der Waals surface area (Å²) in [6, 6.07) is 29.3. The van der Waals surface area contributed by atoms with Crippen LogP contribution in [0.3, 0.4) is 0 Å². The highest BCUT2D eigenvalue weighted by Gasteiger charge is 2.56. The quantitative estimate of drug-likeness (QED) is 0.393. The third kappa shape index (κ3) is 5.45. The van der Waals surface area contributed by atoms with Gasteiger partial charge in [0.05, 0.1) is 46.1 Å². The third-order valence-electron chi connectivity index (χ3n) is 7.43. The van der Waals surface area contributed by atoms with Crippen LogP contribution < -0.4 is 15.1 Å². The number of ether oxygens (including phenoxy) is 5. The lowest BCUT2D eigenvalue weighted by Gasteiger charge is -2.49. The molecule has 2 aliphatic rings. The zero-order valence-electron chi connectivity index (χ0n) is 22.7. The fraction of sp³-hybridized carbons (Fsp3) is 0.419. The van der Waals surface area contributed by atoms with Crippen LogP contribution in [0.2, 0.25) is 5.04 Å². The molecule has 7 heteroatoms. The van der Waals surface area contributed by atoms with Crippen molar-refractivity contribution in [3.05, 3.63) is 90.5 Å². The fourth-order valence-electron chi connectivity index (χ4n) is 5.51. The van der Waals surface area contributed by atoms with E-state index in [0.29, 0.717) is 32.8 Å². The topological polar surface area (TPSA) is 55.4 Å². The SMILES string of the molecule is COc1ccc(CO[C@@H]2COC3(C[C@H]2O[Si](c2ccccc2)(c2ccccc2)C(C)(C)C)OCCO3)cc1. The van der Waals surface area contributed by atoms with Gasteiger partial charge in [-0.2, -0.15) is 0 Å². The van der Waals surface area contributed by atoms with Crippen molar-refractivity contribution in [1.29, 1.82) is 0 Å². The highest BCUT2D eigenvalue weighted by atomic mass is 28.4. The Kier molecular flexibility index (Phi) is 8.05. The van der Waals surface area contributed by atoms with E-state index in [-0.39, 0.29) is 17.2 Å². The molecule has 0 amide bonds. The number of methoxy groups -OCH3 is 1. The standard InChI is InChI=1S/C31H38O6Si/c1-30(2,3)38(26-11-7-5-8-12-26,27-13-9-6-10-14-27)37-28-21-31(34-19-20-35-31)36-23-29(28)33-22-24-15-17-25(32-4)18-16-24/h5-18,28-29H,19-23H2,1-4H3/t28-,29-/m1/s1. The van der Waals surface area contributed by atoms with Crippen LogP contribution in [0, 0.1) is 0 Å². The lowest BCUT2D eigenvalue weighted by Crippen LogP contribution is -2.69. The van der Waals surface area contributed by atoms with Gasteiger partial charge in [0.15, 0.2) is 0 Å². The molecule has 1 spiro atoms. The van der Waals surface area contributed by atoms with Gasteiger partial charge in [0.25, 0.3) is 14.3 Å². The van der Waals surface area contributed by atoms with Crippen molar-refractivity contribution in [2.75, 3.05) is 26.9 Å². The van der Waals surface area contributed by atoms with E-state index in [9.17, 15) is 0 Å². The Balaban J connectivity index is 1.51. The van der Waals surface area contributed by atoms with Crippen LogP contribution in [0.5, 0.6) is 5.75 Å². The molecule has 2 saturated heterocycles. The maximum absolute atomic E-state index is 7.49. The van der Waals surface area contributed by atoms with Gasteiger partial charge in [0.2, 0.25) is 0 Å². The van der Waals surface area contributed by atoms with Gasteiger partial charge in [-0.3, -0.25) is 0 Å². The molecule has 6 nitrogen and oxygen atoms in total. The van der Waals surface area contributed by atoms with Crippen LogP contribution in [0.25, 0.3) is 0 Å². The molecule has 3 aromatic rings. The van der Waals surface area contributed by atoms with Crippen molar-refractivity contribution in [1.82, 2.24) is 0 Å². The van der Waals surface area contributed by atoms with E-state index >= 15 is 0 Å². The largest absolute Gasteiger partial charge is 0.497 e. The molecular formula is C31H38O6Si. The molecule has 3 aromatic carbocycles. The Hall–Kier alpha value is -2.52. The highest BCUT2D eigenvalue weighted by molar-refractivity contribution is 6.99. The van der Waals surface area contributed by atoms with Crippen LogP contribution >= 0.6 is 0 Å². The van der Waals surface area contributed by atoms with Crippen LogP contribution in [0.4, 0.5) is 0 Å². The van der Waals surface area contributed by atoms with Gasteiger partial charge in [0.1, 0.15) is 11.9 Å². The van der Waals surface area contributed by atoms with E-state index in [1.807, 2.05) is 24.3 Å². The average molecular weight is 535 g/mol. The summed E-state index contributed by atoms with van der Waals surface area (Å²) in [5.74, 6) is -0.268. The van der Waals surface area contributed by atoms with E-state index < -0.39 is 14.3 Å². The molecule has 0 aromatic heterocycles. The van der Waals surface area contributed by atoms with E-state index in [0.717, 1.165) is 11.3 Å². The predicted octanol–water partition coefficient (Wildman–Crippen LogP) is 4.65. The van der Waals surface area contributed by atoms with E-state index in [1.54, 1.807) is 7.11 Å². The van der Waals surface area contributed by atoms with Gasteiger partial charge in [-0.15, -0.1) is 0 Å². The molecular weight excluding hydrogens is 496 g/mol. The van der Waals surface area contributed by atoms with Crippen molar-refractivity contribution in [3.8, 4) is 5.75 Å². The zero-order valence-corrected chi connectivity index (χ0v) is 23.7. The summed E-state index contributed by atoms with van der Waals surface area (Å²) in [4.78, 5) is 0. The van der Waals surface area contributed by atoms with Crippen LogP contribution in [-0.2, 0) is 30.0 Å². The summed E-state index contributed by atoms with van der Waals surface area (Å²) in [7, 11) is -1.16. The summed E-state index contributed by atoms with van der Waals surface area (Å²) in [6.07, 6.45) is -0.159. The predicted molar refractivity (Wildman–Crippen MR) is 149 cm³/mol. The minimum atomic E-state index is -2.83. The first-order chi connectivity index (χ1) is 18.4. The number of benzene rings is 3. The van der Waals surface area contributed by atoms with Crippen molar-refractivity contribution in [2.24, 2.45) is 0 Å². The Morgan fingerprint density at radius 3 is 1.89 bits per heavy atom. The van der Waals surface area contributed by atoms with Crippen LogP contribution in [0.1, 0.15) is 32.8 Å².